The number of alkyl halides is 3. The van der Waals surface area contributed by atoms with Crippen LogP contribution in [0.4, 0.5) is 13.2 Å². The molecule has 0 unspecified atom stereocenters. The lowest BCUT2D eigenvalue weighted by atomic mass is 9.84. The zero-order chi connectivity index (χ0) is 26.8. The lowest BCUT2D eigenvalue weighted by Crippen LogP contribution is -2.51. The predicted octanol–water partition coefficient (Wildman–Crippen LogP) is 2.95. The van der Waals surface area contributed by atoms with Crippen molar-refractivity contribution in [3.63, 3.8) is 0 Å². The summed E-state index contributed by atoms with van der Waals surface area (Å²) in [6, 6.07) is 4.85. The van der Waals surface area contributed by atoms with Gasteiger partial charge in [0.2, 0.25) is 11.8 Å². The summed E-state index contributed by atoms with van der Waals surface area (Å²) in [4.78, 5) is 37.5. The normalized spacial score (nSPS) is 19.7. The number of benzene rings is 1. The molecule has 3 N–H and O–H groups in total. The third-order valence-electron chi connectivity index (χ3n) is 6.53. The molecule has 1 heterocycles. The van der Waals surface area contributed by atoms with Crippen LogP contribution in [-0.4, -0.2) is 49.3 Å². The van der Waals surface area contributed by atoms with E-state index in [1.165, 1.54) is 12.1 Å². The van der Waals surface area contributed by atoms with Crippen molar-refractivity contribution in [3.05, 3.63) is 24.3 Å². The lowest BCUT2D eigenvalue weighted by molar-refractivity contribution is -0.274. The van der Waals surface area contributed by atoms with Gasteiger partial charge in [-0.15, -0.1) is 13.2 Å². The molecule has 1 saturated heterocycles. The van der Waals surface area contributed by atoms with E-state index in [9.17, 15) is 32.8 Å². The maximum absolute atomic E-state index is 13.1. The summed E-state index contributed by atoms with van der Waals surface area (Å²) in [7, 11) is 0. The van der Waals surface area contributed by atoms with Crippen molar-refractivity contribution in [3.8, 4) is 17.6 Å². The minimum atomic E-state index is -4.82. The van der Waals surface area contributed by atoms with Gasteiger partial charge in [-0.1, -0.05) is 32.1 Å². The SMILES string of the molecule is N#C[C@H](C[C@@H]1CCNC1=O)NC(=O)[C@H](CC1CCCCC1)NC(=O)COc1ccc(OC(F)(F)F)cc1. The fourth-order valence-corrected chi connectivity index (χ4v) is 4.68. The maximum atomic E-state index is 13.1. The molecule has 3 amide bonds. The second kappa shape index (κ2) is 13.2. The van der Waals surface area contributed by atoms with E-state index in [1.807, 2.05) is 6.07 Å². The van der Waals surface area contributed by atoms with Crippen LogP contribution in [0, 0.1) is 23.2 Å². The Morgan fingerprint density at radius 2 is 1.73 bits per heavy atom. The number of nitriles is 1. The zero-order valence-corrected chi connectivity index (χ0v) is 20.3. The minimum absolute atomic E-state index is 0.142. The van der Waals surface area contributed by atoms with E-state index < -0.39 is 42.6 Å². The molecule has 2 fully saturated rings. The third-order valence-corrected chi connectivity index (χ3v) is 6.53. The summed E-state index contributed by atoms with van der Waals surface area (Å²) < 4.78 is 46.0. The Kier molecular flexibility index (Phi) is 10.00. The number of rotatable bonds is 11. The Morgan fingerprint density at radius 3 is 2.32 bits per heavy atom. The highest BCUT2D eigenvalue weighted by Crippen LogP contribution is 2.28. The summed E-state index contributed by atoms with van der Waals surface area (Å²) in [5, 5.41) is 17.6. The van der Waals surface area contributed by atoms with Gasteiger partial charge >= 0.3 is 6.36 Å². The first kappa shape index (κ1) is 28.1. The number of carbonyl (C=O) groups excluding carboxylic acids is 3. The van der Waals surface area contributed by atoms with E-state index in [0.717, 1.165) is 44.2 Å². The molecule has 2 aliphatic rings. The van der Waals surface area contributed by atoms with Crippen molar-refractivity contribution in [2.24, 2.45) is 11.8 Å². The third kappa shape index (κ3) is 9.48. The molecule has 1 aromatic rings. The summed E-state index contributed by atoms with van der Waals surface area (Å²) in [5.74, 6) is -1.61. The molecule has 3 atom stereocenters. The van der Waals surface area contributed by atoms with Crippen LogP contribution in [0.1, 0.15) is 51.4 Å². The average Bonchev–Trinajstić information content (AvgIpc) is 3.26. The van der Waals surface area contributed by atoms with Gasteiger partial charge in [0.05, 0.1) is 6.07 Å². The van der Waals surface area contributed by atoms with Crippen LogP contribution >= 0.6 is 0 Å². The van der Waals surface area contributed by atoms with Crippen molar-refractivity contribution >= 4 is 17.7 Å². The number of halogens is 3. The van der Waals surface area contributed by atoms with Crippen LogP contribution in [0.15, 0.2) is 24.3 Å². The van der Waals surface area contributed by atoms with Gasteiger partial charge in [0.25, 0.3) is 5.91 Å². The van der Waals surface area contributed by atoms with Crippen LogP contribution in [0.5, 0.6) is 11.5 Å². The number of carbonyl (C=O) groups is 3. The molecule has 202 valence electrons. The maximum Gasteiger partial charge on any atom is 0.573 e. The minimum Gasteiger partial charge on any atom is -0.484 e. The molecule has 1 saturated carbocycles. The van der Waals surface area contributed by atoms with Crippen LogP contribution in [0.3, 0.4) is 0 Å². The molecular formula is C25H31F3N4O5. The number of ether oxygens (including phenoxy) is 2. The topological polar surface area (TPSA) is 130 Å². The van der Waals surface area contributed by atoms with Crippen molar-refractivity contribution in [1.82, 2.24) is 16.0 Å². The van der Waals surface area contributed by atoms with Crippen molar-refractivity contribution < 1.29 is 37.0 Å². The van der Waals surface area contributed by atoms with E-state index in [2.05, 4.69) is 20.7 Å². The first-order valence-electron chi connectivity index (χ1n) is 12.4. The fourth-order valence-electron chi connectivity index (χ4n) is 4.68. The van der Waals surface area contributed by atoms with E-state index >= 15 is 0 Å². The Bertz CT molecular complexity index is 974. The Hall–Kier alpha value is -3.49. The summed E-state index contributed by atoms with van der Waals surface area (Å²) in [6.07, 6.45) is 1.46. The first-order valence-corrected chi connectivity index (χ1v) is 12.4. The van der Waals surface area contributed by atoms with Gasteiger partial charge in [0.15, 0.2) is 6.61 Å². The van der Waals surface area contributed by atoms with E-state index in [0.29, 0.717) is 19.4 Å². The van der Waals surface area contributed by atoms with Crippen molar-refractivity contribution in [2.75, 3.05) is 13.2 Å². The summed E-state index contributed by atoms with van der Waals surface area (Å²) >= 11 is 0. The number of hydrogen-bond acceptors (Lipinski definition) is 6. The zero-order valence-electron chi connectivity index (χ0n) is 20.3. The molecule has 0 radical (unpaired) electrons. The van der Waals surface area contributed by atoms with Crippen LogP contribution in [-0.2, 0) is 14.4 Å². The van der Waals surface area contributed by atoms with Gasteiger partial charge in [-0.3, -0.25) is 14.4 Å². The molecule has 1 aliphatic carbocycles. The van der Waals surface area contributed by atoms with Gasteiger partial charge in [0.1, 0.15) is 23.6 Å². The smallest absolute Gasteiger partial charge is 0.484 e. The van der Waals surface area contributed by atoms with Crippen molar-refractivity contribution in [1.29, 1.82) is 5.26 Å². The van der Waals surface area contributed by atoms with Gasteiger partial charge in [0, 0.05) is 12.5 Å². The van der Waals surface area contributed by atoms with Crippen LogP contribution < -0.4 is 25.4 Å². The Labute approximate surface area is 213 Å². The standard InChI is InChI=1S/C25H31F3N4O5/c26-25(27,28)37-20-8-6-19(7-9-20)36-15-22(33)32-21(12-16-4-2-1-3-5-16)24(35)31-18(14-29)13-17-10-11-30-23(17)34/h6-9,16-18,21H,1-5,10-13,15H2,(H,30,34)(H,31,35)(H,32,33)/t17-,18-,21-/m0/s1. The highest BCUT2D eigenvalue weighted by atomic mass is 19.4. The second-order valence-electron chi connectivity index (χ2n) is 9.37. The molecule has 0 aromatic heterocycles. The van der Waals surface area contributed by atoms with E-state index in [-0.39, 0.29) is 29.9 Å². The van der Waals surface area contributed by atoms with Crippen LogP contribution in [0.25, 0.3) is 0 Å². The summed E-state index contributed by atoms with van der Waals surface area (Å²) in [6.45, 7) is 0.0753. The lowest BCUT2D eigenvalue weighted by Gasteiger charge is -2.27. The number of amides is 3. The van der Waals surface area contributed by atoms with E-state index in [1.54, 1.807) is 0 Å². The molecule has 1 aliphatic heterocycles. The average molecular weight is 525 g/mol. The molecule has 0 bridgehead atoms. The summed E-state index contributed by atoms with van der Waals surface area (Å²) in [5.41, 5.74) is 0. The molecule has 12 heteroatoms. The number of nitrogens with zero attached hydrogens (tertiary/aromatic N) is 1. The molecular weight excluding hydrogens is 493 g/mol. The molecule has 37 heavy (non-hydrogen) atoms. The molecule has 3 rings (SSSR count). The van der Waals surface area contributed by atoms with Gasteiger partial charge < -0.3 is 25.4 Å². The monoisotopic (exact) mass is 524 g/mol. The van der Waals surface area contributed by atoms with Crippen molar-refractivity contribution in [2.45, 2.75) is 69.8 Å². The molecule has 0 spiro atoms. The van der Waals surface area contributed by atoms with Gasteiger partial charge in [-0.2, -0.15) is 5.26 Å². The van der Waals surface area contributed by atoms with Gasteiger partial charge in [-0.25, -0.2) is 0 Å². The fraction of sp³-hybridized carbons (Fsp3) is 0.600. The number of hydrogen-bond donors (Lipinski definition) is 3. The Morgan fingerprint density at radius 1 is 1.05 bits per heavy atom. The molecule has 9 nitrogen and oxygen atoms in total. The molecule has 1 aromatic carbocycles. The van der Waals surface area contributed by atoms with Crippen LogP contribution in [0.2, 0.25) is 0 Å². The Balaban J connectivity index is 1.57. The number of nitrogens with one attached hydrogen (secondary N) is 3. The largest absolute Gasteiger partial charge is 0.573 e. The highest BCUT2D eigenvalue weighted by Gasteiger charge is 2.32. The quantitative estimate of drug-likeness (QED) is 0.408. The highest BCUT2D eigenvalue weighted by molar-refractivity contribution is 5.88. The second-order valence-corrected chi connectivity index (χ2v) is 9.37. The predicted molar refractivity (Wildman–Crippen MR) is 125 cm³/mol. The first-order chi connectivity index (χ1) is 17.6. The van der Waals surface area contributed by atoms with Gasteiger partial charge in [-0.05, 0) is 49.4 Å². The van der Waals surface area contributed by atoms with E-state index in [4.69, 9.17) is 4.74 Å².